The van der Waals surface area contributed by atoms with Crippen LogP contribution in [0.5, 0.6) is 0 Å². The Hall–Kier alpha value is -3.30. The molecular formula is C23H28N4O2. The van der Waals surface area contributed by atoms with Gasteiger partial charge in [-0.3, -0.25) is 4.79 Å². The Morgan fingerprint density at radius 1 is 1.45 bits per heavy atom. The first kappa shape index (κ1) is 22.0. The fourth-order valence-electron chi connectivity index (χ4n) is 2.69. The Labute approximate surface area is 173 Å². The Bertz CT molecular complexity index is 834. The van der Waals surface area contributed by atoms with Crippen molar-refractivity contribution in [3.8, 4) is 12.3 Å². The van der Waals surface area contributed by atoms with E-state index in [0.717, 1.165) is 23.2 Å². The van der Waals surface area contributed by atoms with Crippen LogP contribution in [0.15, 0.2) is 65.8 Å². The summed E-state index contributed by atoms with van der Waals surface area (Å²) >= 11 is 0. The lowest BCUT2D eigenvalue weighted by Crippen LogP contribution is -2.40. The normalized spacial score (nSPS) is 15.3. The maximum atomic E-state index is 11.9. The summed E-state index contributed by atoms with van der Waals surface area (Å²) in [6.45, 7) is 5.74. The zero-order valence-electron chi connectivity index (χ0n) is 16.9. The second-order valence-electron chi connectivity index (χ2n) is 6.41. The second kappa shape index (κ2) is 12.2. The smallest absolute Gasteiger partial charge is 0.248 e. The fourth-order valence-corrected chi connectivity index (χ4v) is 2.69. The van der Waals surface area contributed by atoms with Gasteiger partial charge in [-0.1, -0.05) is 36.9 Å². The van der Waals surface area contributed by atoms with E-state index < -0.39 is 0 Å². The van der Waals surface area contributed by atoms with Crippen LogP contribution in [0, 0.1) is 12.3 Å². The van der Waals surface area contributed by atoms with Crippen LogP contribution in [-0.4, -0.2) is 43.6 Å². The molecule has 152 valence electrons. The molecule has 1 amide bonds. The fraction of sp³-hybridized carbons (Fsp3) is 0.304. The maximum Gasteiger partial charge on any atom is 0.248 e. The first-order chi connectivity index (χ1) is 14.2. The molecule has 0 saturated carbocycles. The number of hydrogen-bond acceptors (Lipinski definition) is 3. The van der Waals surface area contributed by atoms with Gasteiger partial charge in [-0.25, -0.2) is 4.99 Å². The molecule has 0 atom stereocenters. The molecule has 0 spiro atoms. The summed E-state index contributed by atoms with van der Waals surface area (Å²) in [7, 11) is 1.80. The van der Waals surface area contributed by atoms with Crippen LogP contribution in [-0.2, 0) is 16.1 Å². The number of guanidine groups is 1. The highest BCUT2D eigenvalue weighted by molar-refractivity contribution is 5.93. The number of anilines is 1. The van der Waals surface area contributed by atoms with Crippen molar-refractivity contribution in [1.29, 1.82) is 0 Å². The lowest BCUT2D eigenvalue weighted by molar-refractivity contribution is -0.143. The van der Waals surface area contributed by atoms with Gasteiger partial charge in [0.05, 0.1) is 6.61 Å². The average molecular weight is 393 g/mol. The molecule has 29 heavy (non-hydrogen) atoms. The number of terminal acetylenes is 1. The molecule has 1 aromatic carbocycles. The van der Waals surface area contributed by atoms with E-state index in [2.05, 4.69) is 28.1 Å². The minimum absolute atomic E-state index is 0.0190. The highest BCUT2D eigenvalue weighted by Crippen LogP contribution is 2.14. The molecule has 2 N–H and O–H groups in total. The molecule has 0 unspecified atom stereocenters. The Balaban J connectivity index is 2.03. The van der Waals surface area contributed by atoms with Gasteiger partial charge < -0.3 is 20.3 Å². The molecule has 0 bridgehead atoms. The molecule has 6 nitrogen and oxygen atoms in total. The van der Waals surface area contributed by atoms with E-state index in [0.29, 0.717) is 32.1 Å². The number of hydrogen-bond donors (Lipinski definition) is 2. The monoisotopic (exact) mass is 392 g/mol. The van der Waals surface area contributed by atoms with Crippen LogP contribution in [0.3, 0.4) is 0 Å². The molecule has 1 saturated heterocycles. The number of nitrogens with one attached hydrogen (secondary N) is 2. The number of rotatable bonds is 8. The first-order valence-electron chi connectivity index (χ1n) is 9.53. The number of amides is 1. The summed E-state index contributed by atoms with van der Waals surface area (Å²) in [5.74, 6) is 3.20. The molecular weight excluding hydrogens is 364 g/mol. The van der Waals surface area contributed by atoms with E-state index in [-0.39, 0.29) is 12.5 Å². The van der Waals surface area contributed by atoms with Crippen molar-refractivity contribution < 1.29 is 9.53 Å². The zero-order valence-corrected chi connectivity index (χ0v) is 16.9. The van der Waals surface area contributed by atoms with Crippen molar-refractivity contribution in [2.24, 2.45) is 4.99 Å². The molecule has 1 aliphatic heterocycles. The highest BCUT2D eigenvalue weighted by atomic mass is 16.5. The summed E-state index contributed by atoms with van der Waals surface area (Å²) in [6.07, 6.45) is 14.1. The summed E-state index contributed by atoms with van der Waals surface area (Å²) in [5, 5.41) is 6.31. The molecule has 1 aromatic rings. The minimum Gasteiger partial charge on any atom is -0.370 e. The van der Waals surface area contributed by atoms with Gasteiger partial charge in [-0.05, 0) is 29.7 Å². The van der Waals surface area contributed by atoms with Crippen molar-refractivity contribution in [3.05, 3.63) is 66.4 Å². The predicted octanol–water partition coefficient (Wildman–Crippen LogP) is 3.07. The Morgan fingerprint density at radius 3 is 3.03 bits per heavy atom. The molecule has 6 heteroatoms. The van der Waals surface area contributed by atoms with Crippen molar-refractivity contribution in [2.75, 3.05) is 32.1 Å². The molecule has 0 aliphatic carbocycles. The topological polar surface area (TPSA) is 66.0 Å². The predicted molar refractivity (Wildman–Crippen MR) is 118 cm³/mol. The van der Waals surface area contributed by atoms with Crippen LogP contribution in [0.4, 0.5) is 5.69 Å². The van der Waals surface area contributed by atoms with Gasteiger partial charge in [0.25, 0.3) is 0 Å². The van der Waals surface area contributed by atoms with Gasteiger partial charge in [0.2, 0.25) is 5.91 Å². The van der Waals surface area contributed by atoms with E-state index in [1.54, 1.807) is 19.3 Å². The number of ether oxygens (including phenoxy) is 1. The highest BCUT2D eigenvalue weighted by Gasteiger charge is 2.18. The number of nitrogens with zero attached hydrogens (tertiary/aromatic N) is 2. The number of carbonyl (C=O) groups excluding carboxylic acids is 1. The second-order valence-corrected chi connectivity index (χ2v) is 6.41. The van der Waals surface area contributed by atoms with Gasteiger partial charge in [0, 0.05) is 38.4 Å². The number of benzene rings is 1. The van der Waals surface area contributed by atoms with E-state index in [4.69, 9.17) is 11.2 Å². The zero-order chi connectivity index (χ0) is 20.9. The minimum atomic E-state index is 0.0190. The van der Waals surface area contributed by atoms with Crippen LogP contribution in [0.2, 0.25) is 0 Å². The van der Waals surface area contributed by atoms with Gasteiger partial charge in [-0.15, -0.1) is 12.3 Å². The number of allylic oxidation sites excluding steroid dienone is 4. The van der Waals surface area contributed by atoms with Gasteiger partial charge in [0.15, 0.2) is 5.96 Å². The lowest BCUT2D eigenvalue weighted by Gasteiger charge is -2.27. The number of carbonyl (C=O) groups is 1. The SMILES string of the molecule is C#CC/C=C\C/C(C=C)=C\N=C(/NC)Nc1cccc(CN2CCOCC2=O)c1. The summed E-state index contributed by atoms with van der Waals surface area (Å²) in [5.41, 5.74) is 2.91. The molecule has 0 aromatic heterocycles. The van der Waals surface area contributed by atoms with Gasteiger partial charge in [-0.2, -0.15) is 0 Å². The van der Waals surface area contributed by atoms with Crippen molar-refractivity contribution in [3.63, 3.8) is 0 Å². The van der Waals surface area contributed by atoms with Crippen molar-refractivity contribution in [2.45, 2.75) is 19.4 Å². The summed E-state index contributed by atoms with van der Waals surface area (Å²) < 4.78 is 5.18. The summed E-state index contributed by atoms with van der Waals surface area (Å²) in [4.78, 5) is 18.2. The quantitative estimate of drug-likeness (QED) is 0.235. The van der Waals surface area contributed by atoms with Crippen LogP contribution in [0.1, 0.15) is 18.4 Å². The number of aliphatic imine (C=N–C) groups is 1. The molecule has 1 heterocycles. The van der Waals surface area contributed by atoms with Crippen LogP contribution in [0.25, 0.3) is 0 Å². The van der Waals surface area contributed by atoms with E-state index in [1.807, 2.05) is 41.3 Å². The van der Waals surface area contributed by atoms with E-state index >= 15 is 0 Å². The van der Waals surface area contributed by atoms with Crippen LogP contribution >= 0.6 is 0 Å². The van der Waals surface area contributed by atoms with Crippen molar-refractivity contribution in [1.82, 2.24) is 10.2 Å². The third-order valence-electron chi connectivity index (χ3n) is 4.26. The van der Waals surface area contributed by atoms with Crippen LogP contribution < -0.4 is 10.6 Å². The largest absolute Gasteiger partial charge is 0.370 e. The first-order valence-corrected chi connectivity index (χ1v) is 9.53. The molecule has 1 aliphatic rings. The standard InChI is InChI=1S/C23H28N4O2/c1-4-6-7-8-10-19(5-2)16-25-23(24-3)26-21-12-9-11-20(15-21)17-27-13-14-29-18-22(27)28/h1,5,7-9,11-12,15-16H,2,6,10,13-14,17-18H2,3H3,(H2,24,25,26)/b8-7-,19-16-. The Morgan fingerprint density at radius 2 is 2.31 bits per heavy atom. The summed E-state index contributed by atoms with van der Waals surface area (Å²) in [6, 6.07) is 7.92. The van der Waals surface area contributed by atoms with Gasteiger partial charge in [0.1, 0.15) is 6.61 Å². The average Bonchev–Trinajstić information content (AvgIpc) is 2.74. The lowest BCUT2D eigenvalue weighted by atomic mass is 10.2. The maximum absolute atomic E-state index is 11.9. The van der Waals surface area contributed by atoms with Crippen molar-refractivity contribution >= 4 is 17.6 Å². The molecule has 0 radical (unpaired) electrons. The van der Waals surface area contributed by atoms with E-state index in [1.165, 1.54) is 0 Å². The molecule has 1 fully saturated rings. The molecule has 2 rings (SSSR count). The Kier molecular flexibility index (Phi) is 9.26. The third kappa shape index (κ3) is 7.68. The number of morpholine rings is 1. The van der Waals surface area contributed by atoms with Gasteiger partial charge >= 0.3 is 0 Å². The van der Waals surface area contributed by atoms with E-state index in [9.17, 15) is 4.79 Å². The third-order valence-corrected chi connectivity index (χ3v) is 4.26.